The van der Waals surface area contributed by atoms with Crippen LogP contribution in [0.2, 0.25) is 0 Å². The fourth-order valence-corrected chi connectivity index (χ4v) is 1.78. The van der Waals surface area contributed by atoms with Crippen molar-refractivity contribution in [3.63, 3.8) is 0 Å². The molecule has 7 heteroatoms. The van der Waals surface area contributed by atoms with E-state index in [9.17, 15) is 9.90 Å². The van der Waals surface area contributed by atoms with Crippen LogP contribution >= 0.6 is 28.3 Å². The lowest BCUT2D eigenvalue weighted by atomic mass is 10.0. The lowest BCUT2D eigenvalue weighted by Crippen LogP contribution is -2.23. The van der Waals surface area contributed by atoms with Gasteiger partial charge in [0.05, 0.1) is 12.7 Å². The summed E-state index contributed by atoms with van der Waals surface area (Å²) in [5, 5.41) is 18.5. The molecule has 0 aliphatic rings. The van der Waals surface area contributed by atoms with Crippen molar-refractivity contribution in [1.29, 1.82) is 5.26 Å². The smallest absolute Gasteiger partial charge is 0.327 e. The van der Waals surface area contributed by atoms with Crippen LogP contribution in [0.25, 0.3) is 0 Å². The number of carbonyl (C=O) groups is 1. The van der Waals surface area contributed by atoms with Gasteiger partial charge in [0.25, 0.3) is 0 Å². The van der Waals surface area contributed by atoms with E-state index in [2.05, 4.69) is 20.7 Å². The molecule has 0 unspecified atom stereocenters. The maximum absolute atomic E-state index is 11.3. The summed E-state index contributed by atoms with van der Waals surface area (Å²) in [6, 6.07) is 3.63. The third kappa shape index (κ3) is 3.09. The quantitative estimate of drug-likeness (QED) is 0.807. The first-order valence-electron chi connectivity index (χ1n) is 4.27. The van der Waals surface area contributed by atoms with E-state index < -0.39 is 12.0 Å². The molecule has 1 aromatic rings. The molecule has 0 fully saturated rings. The summed E-state index contributed by atoms with van der Waals surface area (Å²) in [4.78, 5) is 11.3. The highest BCUT2D eigenvalue weighted by molar-refractivity contribution is 9.10. The molecular formula is C10H10BrClN2O3. The largest absolute Gasteiger partial charge is 0.506 e. The normalized spacial score (nSPS) is 10.9. The molecule has 0 aliphatic carbocycles. The number of phenolic OH excluding ortho intramolecular Hbond substituents is 1. The highest BCUT2D eigenvalue weighted by Gasteiger charge is 2.24. The molecular weight excluding hydrogens is 311 g/mol. The van der Waals surface area contributed by atoms with E-state index in [0.717, 1.165) is 0 Å². The van der Waals surface area contributed by atoms with Crippen LogP contribution in [0.15, 0.2) is 16.6 Å². The van der Waals surface area contributed by atoms with Gasteiger partial charge in [0.2, 0.25) is 0 Å². The number of methoxy groups -OCH3 is 1. The van der Waals surface area contributed by atoms with Crippen molar-refractivity contribution in [2.45, 2.75) is 6.04 Å². The molecule has 0 bridgehead atoms. The van der Waals surface area contributed by atoms with Crippen LogP contribution in [-0.2, 0) is 9.53 Å². The molecule has 1 rings (SSSR count). The highest BCUT2D eigenvalue weighted by atomic mass is 79.9. The van der Waals surface area contributed by atoms with Gasteiger partial charge in [0, 0.05) is 10.0 Å². The van der Waals surface area contributed by atoms with E-state index in [4.69, 9.17) is 11.0 Å². The zero-order valence-corrected chi connectivity index (χ0v) is 11.2. The Hall–Kier alpha value is -1.29. The van der Waals surface area contributed by atoms with Crippen molar-refractivity contribution in [3.8, 4) is 11.8 Å². The molecule has 0 heterocycles. The molecule has 0 aliphatic heterocycles. The number of ether oxygens (including phenoxy) is 1. The number of aromatic hydroxyl groups is 1. The Morgan fingerprint density at radius 3 is 2.71 bits per heavy atom. The second-order valence-corrected chi connectivity index (χ2v) is 3.82. The predicted molar refractivity (Wildman–Crippen MR) is 66.7 cm³/mol. The summed E-state index contributed by atoms with van der Waals surface area (Å²) < 4.78 is 4.92. The van der Waals surface area contributed by atoms with Crippen molar-refractivity contribution in [2.24, 2.45) is 5.73 Å². The van der Waals surface area contributed by atoms with E-state index in [1.54, 1.807) is 6.07 Å². The fourth-order valence-electron chi connectivity index (χ4n) is 1.21. The minimum atomic E-state index is -1.13. The lowest BCUT2D eigenvalue weighted by Gasteiger charge is -2.13. The van der Waals surface area contributed by atoms with Crippen LogP contribution in [0.3, 0.4) is 0 Å². The van der Waals surface area contributed by atoms with Crippen molar-refractivity contribution in [1.82, 2.24) is 0 Å². The number of hydrogen-bond donors (Lipinski definition) is 2. The van der Waals surface area contributed by atoms with E-state index in [-0.39, 0.29) is 29.3 Å². The average molecular weight is 322 g/mol. The van der Waals surface area contributed by atoms with Crippen LogP contribution in [0.5, 0.6) is 5.75 Å². The topological polar surface area (TPSA) is 96.3 Å². The van der Waals surface area contributed by atoms with Gasteiger partial charge in [-0.15, -0.1) is 12.4 Å². The summed E-state index contributed by atoms with van der Waals surface area (Å²) in [5.41, 5.74) is 5.80. The average Bonchev–Trinajstić information content (AvgIpc) is 2.28. The summed E-state index contributed by atoms with van der Waals surface area (Å²) in [5.74, 6) is -0.999. The molecule has 17 heavy (non-hydrogen) atoms. The van der Waals surface area contributed by atoms with Crippen LogP contribution in [0, 0.1) is 11.3 Å². The summed E-state index contributed by atoms with van der Waals surface area (Å²) >= 11 is 3.15. The van der Waals surface area contributed by atoms with Crippen LogP contribution < -0.4 is 5.73 Å². The van der Waals surface area contributed by atoms with Gasteiger partial charge < -0.3 is 15.6 Å². The number of nitrogens with zero attached hydrogens (tertiary/aromatic N) is 1. The number of halogens is 2. The van der Waals surface area contributed by atoms with Crippen molar-refractivity contribution in [3.05, 3.63) is 27.7 Å². The number of rotatable bonds is 2. The Labute approximate surface area is 113 Å². The number of esters is 1. The second-order valence-electron chi connectivity index (χ2n) is 2.97. The number of nitrogens with two attached hydrogens (primary N) is 1. The minimum Gasteiger partial charge on any atom is -0.506 e. The molecule has 3 N–H and O–H groups in total. The van der Waals surface area contributed by atoms with Crippen LogP contribution in [0.1, 0.15) is 17.2 Å². The minimum absolute atomic E-state index is 0. The SMILES string of the molecule is COC(=O)[C@H](N)c1c(Br)ccc(C#N)c1O.Cl. The van der Waals surface area contributed by atoms with Gasteiger partial charge in [-0.25, -0.2) is 0 Å². The molecule has 0 saturated carbocycles. The van der Waals surface area contributed by atoms with Gasteiger partial charge >= 0.3 is 5.97 Å². The van der Waals surface area contributed by atoms with E-state index in [1.165, 1.54) is 19.2 Å². The molecule has 92 valence electrons. The van der Waals surface area contributed by atoms with Crippen LogP contribution in [-0.4, -0.2) is 18.2 Å². The highest BCUT2D eigenvalue weighted by Crippen LogP contribution is 2.33. The van der Waals surface area contributed by atoms with Crippen LogP contribution in [0.4, 0.5) is 0 Å². The zero-order chi connectivity index (χ0) is 12.3. The summed E-state index contributed by atoms with van der Waals surface area (Å²) in [7, 11) is 1.20. The van der Waals surface area contributed by atoms with E-state index in [1.807, 2.05) is 0 Å². The number of nitriles is 1. The first kappa shape index (κ1) is 15.7. The monoisotopic (exact) mass is 320 g/mol. The lowest BCUT2D eigenvalue weighted by molar-refractivity contribution is -0.142. The predicted octanol–water partition coefficient (Wildman–Crippen LogP) is 1.62. The van der Waals surface area contributed by atoms with Crippen molar-refractivity contribution in [2.75, 3.05) is 7.11 Å². The maximum Gasteiger partial charge on any atom is 0.327 e. The van der Waals surface area contributed by atoms with Gasteiger partial charge in [-0.2, -0.15) is 5.26 Å². The molecule has 0 spiro atoms. The summed E-state index contributed by atoms with van der Waals surface area (Å²) in [6.45, 7) is 0. The third-order valence-electron chi connectivity index (χ3n) is 2.05. The van der Waals surface area contributed by atoms with E-state index in [0.29, 0.717) is 4.47 Å². The van der Waals surface area contributed by atoms with Crippen molar-refractivity contribution >= 4 is 34.3 Å². The molecule has 1 aromatic carbocycles. The summed E-state index contributed by atoms with van der Waals surface area (Å²) in [6.07, 6.45) is 0. The van der Waals surface area contributed by atoms with Gasteiger partial charge in [0.1, 0.15) is 17.9 Å². The Balaban J connectivity index is 0.00000256. The molecule has 0 radical (unpaired) electrons. The molecule has 0 aromatic heterocycles. The van der Waals surface area contributed by atoms with Gasteiger partial charge in [-0.1, -0.05) is 15.9 Å². The van der Waals surface area contributed by atoms with Gasteiger partial charge in [-0.05, 0) is 12.1 Å². The Morgan fingerprint density at radius 1 is 1.65 bits per heavy atom. The Bertz CT molecular complexity index is 473. The van der Waals surface area contributed by atoms with Crippen molar-refractivity contribution < 1.29 is 14.6 Å². The Morgan fingerprint density at radius 2 is 2.24 bits per heavy atom. The molecule has 1 atom stereocenters. The zero-order valence-electron chi connectivity index (χ0n) is 8.81. The number of phenols is 1. The Kier molecular flexibility index (Phi) is 5.96. The maximum atomic E-state index is 11.3. The molecule has 5 nitrogen and oxygen atoms in total. The van der Waals surface area contributed by atoms with Gasteiger partial charge in [-0.3, -0.25) is 4.79 Å². The number of hydrogen-bond acceptors (Lipinski definition) is 5. The second kappa shape index (κ2) is 6.45. The van der Waals surface area contributed by atoms with E-state index >= 15 is 0 Å². The van der Waals surface area contributed by atoms with Gasteiger partial charge in [0.15, 0.2) is 0 Å². The first-order valence-corrected chi connectivity index (χ1v) is 5.07. The number of benzene rings is 1. The molecule has 0 saturated heterocycles. The first-order chi connectivity index (χ1) is 7.52. The number of carbonyl (C=O) groups excluding carboxylic acids is 1. The standard InChI is InChI=1S/C10H9BrN2O3.ClH/c1-16-10(15)8(13)7-6(11)3-2-5(4-12)9(7)14;/h2-3,8,14H,13H2,1H3;1H/t8-;/m1./s1. The fraction of sp³-hybridized carbons (Fsp3) is 0.200. The molecule has 0 amide bonds. The third-order valence-corrected chi connectivity index (χ3v) is 2.74.